The molecule has 2 aromatic heterocycles. The Morgan fingerprint density at radius 2 is 0.786 bits per heavy atom. The highest BCUT2D eigenvalue weighted by Crippen LogP contribution is 2.51. The molecule has 0 amide bonds. The highest BCUT2D eigenvalue weighted by Gasteiger charge is 2.42. The Kier molecular flexibility index (Phi) is 12.3. The third kappa shape index (κ3) is 8.17. The van der Waals surface area contributed by atoms with Crippen molar-refractivity contribution in [1.82, 2.24) is 13.3 Å². The van der Waals surface area contributed by atoms with Crippen molar-refractivity contribution in [1.29, 1.82) is 0 Å². The van der Waals surface area contributed by atoms with Gasteiger partial charge < -0.3 is 9.47 Å². The highest BCUT2D eigenvalue weighted by molar-refractivity contribution is 7.00. The van der Waals surface area contributed by atoms with Gasteiger partial charge in [0, 0.05) is 44.2 Å². The van der Waals surface area contributed by atoms with E-state index in [1.54, 1.807) is 0 Å². The van der Waals surface area contributed by atoms with E-state index in [4.69, 9.17) is 8.75 Å². The molecular weight excluding hydrogens is 1040 g/mol. The van der Waals surface area contributed by atoms with Crippen molar-refractivity contribution in [2.75, 3.05) is 4.90 Å². The monoisotopic (exact) mass is 1100 g/mol. The largest absolute Gasteiger partial charge is 0.309 e. The average Bonchev–Trinajstić information content (AvgIpc) is 1.92. The molecule has 84 heavy (non-hydrogen) atoms. The first kappa shape index (κ1) is 51.0. The summed E-state index contributed by atoms with van der Waals surface area (Å²) in [5, 5.41) is 2.44. The maximum Gasteiger partial charge on any atom is 0.129 e. The van der Waals surface area contributed by atoms with Crippen LogP contribution < -0.4 is 4.90 Å². The molecule has 1 aliphatic carbocycles. The van der Waals surface area contributed by atoms with Gasteiger partial charge in [-0.3, -0.25) is 0 Å². The van der Waals surface area contributed by atoms with Crippen molar-refractivity contribution in [3.8, 4) is 39.1 Å². The van der Waals surface area contributed by atoms with E-state index >= 15 is 0 Å². The lowest BCUT2D eigenvalue weighted by atomic mass is 9.60. The van der Waals surface area contributed by atoms with E-state index in [9.17, 15) is 0 Å². The van der Waals surface area contributed by atoms with Crippen LogP contribution in [0, 0.1) is 0 Å². The van der Waals surface area contributed by atoms with Crippen molar-refractivity contribution >= 4 is 61.6 Å². The van der Waals surface area contributed by atoms with Crippen LogP contribution in [0.3, 0.4) is 0 Å². The molecule has 0 aliphatic heterocycles. The molecule has 402 valence electrons. The standard InChI is InChI=1S/C79H60N4S/c1-77(2)68-30-18-19-31-69(68)78(3,4)71-52-64(46-49-70(71)77)83-72-32-20-17-29-66(72)67-47-39-57(51-74(67)83)65-48-50-73(76-75(65)80-84-81-76)82(62-42-35-55(36-43-62)53-21-9-5-10-22-53)63-44-37-56(38-45-63)54-33-40-61(41-34-54)79(58-23-11-6-12-24-58,59-25-13-7-14-26-59)60-27-15-8-16-28-60/h5-52H,1-4H3. The summed E-state index contributed by atoms with van der Waals surface area (Å²) in [5.41, 5.74) is 24.6. The van der Waals surface area contributed by atoms with E-state index in [-0.39, 0.29) is 10.8 Å². The number of benzene rings is 12. The Morgan fingerprint density at radius 1 is 0.345 bits per heavy atom. The first-order valence-corrected chi connectivity index (χ1v) is 29.8. The number of nitrogens with zero attached hydrogens (tertiary/aromatic N) is 4. The summed E-state index contributed by atoms with van der Waals surface area (Å²) in [6.07, 6.45) is 0. The molecule has 0 bridgehead atoms. The molecule has 0 spiro atoms. The summed E-state index contributed by atoms with van der Waals surface area (Å²) >= 11 is 1.26. The molecule has 0 unspecified atom stereocenters. The van der Waals surface area contributed by atoms with E-state index < -0.39 is 5.41 Å². The number of hydrogen-bond acceptors (Lipinski definition) is 4. The maximum atomic E-state index is 5.13. The lowest BCUT2D eigenvalue weighted by Gasteiger charge is -2.44. The summed E-state index contributed by atoms with van der Waals surface area (Å²) in [5.74, 6) is 0. The van der Waals surface area contributed by atoms with Crippen molar-refractivity contribution in [2.45, 2.75) is 43.9 Å². The first-order chi connectivity index (χ1) is 41.2. The number of rotatable bonds is 11. The molecule has 0 N–H and O–H groups in total. The second kappa shape index (κ2) is 20.2. The highest BCUT2D eigenvalue weighted by atomic mass is 32.1. The fraction of sp³-hybridized carbons (Fsp3) is 0.0886. The SMILES string of the molecule is CC1(C)c2ccccc2C(C)(C)c2cc(-n3c4ccccc4c4ccc(-c5ccc(N(c6ccc(-c7ccccc7)cc6)c6ccc(-c7ccc(C(c8ccccc8)(c8ccccc8)c8ccccc8)cc7)cc6)c6nsnc56)cc43)ccc21. The van der Waals surface area contributed by atoms with Crippen LogP contribution in [-0.4, -0.2) is 13.3 Å². The molecule has 2 heterocycles. The summed E-state index contributed by atoms with van der Waals surface area (Å²) in [4.78, 5) is 2.33. The Bertz CT molecular complexity index is 4640. The van der Waals surface area contributed by atoms with Crippen molar-refractivity contribution in [2.24, 2.45) is 0 Å². The zero-order valence-corrected chi connectivity index (χ0v) is 48.2. The Hall–Kier alpha value is -9.94. The third-order valence-corrected chi connectivity index (χ3v) is 18.7. The van der Waals surface area contributed by atoms with Gasteiger partial charge in [-0.05, 0) is 133 Å². The predicted molar refractivity (Wildman–Crippen MR) is 352 cm³/mol. The number of hydrogen-bond donors (Lipinski definition) is 0. The Labute approximate surface area is 495 Å². The van der Waals surface area contributed by atoms with Crippen LogP contribution in [0.5, 0.6) is 0 Å². The lowest BCUT2D eigenvalue weighted by molar-refractivity contribution is 0.520. The normalized spacial score (nSPS) is 13.4. The number of para-hydroxylation sites is 1. The summed E-state index contributed by atoms with van der Waals surface area (Å²) in [7, 11) is 0. The fourth-order valence-corrected chi connectivity index (χ4v) is 14.5. The van der Waals surface area contributed by atoms with Gasteiger partial charge in [-0.15, -0.1) is 0 Å². The second-order valence-electron chi connectivity index (χ2n) is 23.4. The third-order valence-electron chi connectivity index (χ3n) is 18.1. The molecule has 0 saturated carbocycles. The van der Waals surface area contributed by atoms with Crippen LogP contribution in [0.2, 0.25) is 0 Å². The minimum atomic E-state index is -0.521. The average molecular weight is 1100 g/mol. The summed E-state index contributed by atoms with van der Waals surface area (Å²) < 4.78 is 12.7. The second-order valence-corrected chi connectivity index (χ2v) is 24.0. The van der Waals surface area contributed by atoms with Gasteiger partial charge in [0.1, 0.15) is 11.0 Å². The molecular formula is C79H60N4S. The van der Waals surface area contributed by atoms with Crippen LogP contribution >= 0.6 is 11.7 Å². The topological polar surface area (TPSA) is 34.0 Å². The molecule has 5 heteroatoms. The number of aromatic nitrogens is 3. The summed E-state index contributed by atoms with van der Waals surface area (Å²) in [6, 6.07) is 107. The minimum absolute atomic E-state index is 0.130. The van der Waals surface area contributed by atoms with Gasteiger partial charge in [-0.1, -0.05) is 258 Å². The molecule has 0 fully saturated rings. The first-order valence-electron chi connectivity index (χ1n) is 29.1. The van der Waals surface area contributed by atoms with Crippen molar-refractivity contribution in [3.63, 3.8) is 0 Å². The van der Waals surface area contributed by atoms with Crippen LogP contribution in [0.25, 0.3) is 71.9 Å². The minimum Gasteiger partial charge on any atom is -0.309 e. The van der Waals surface area contributed by atoms with E-state index in [0.29, 0.717) is 0 Å². The molecule has 14 aromatic rings. The van der Waals surface area contributed by atoms with Crippen LogP contribution in [0.4, 0.5) is 17.1 Å². The fourth-order valence-electron chi connectivity index (χ4n) is 13.9. The maximum absolute atomic E-state index is 5.13. The Morgan fingerprint density at radius 3 is 1.37 bits per heavy atom. The van der Waals surface area contributed by atoms with Gasteiger partial charge in [0.05, 0.1) is 33.9 Å². The van der Waals surface area contributed by atoms with Gasteiger partial charge in [-0.25, -0.2) is 0 Å². The molecule has 12 aromatic carbocycles. The predicted octanol–water partition coefficient (Wildman–Crippen LogP) is 20.6. The van der Waals surface area contributed by atoms with E-state index in [0.717, 1.165) is 67.1 Å². The number of anilines is 3. The molecule has 0 radical (unpaired) electrons. The number of fused-ring (bicyclic) bond motifs is 6. The van der Waals surface area contributed by atoms with Gasteiger partial charge in [0.15, 0.2) is 0 Å². The lowest BCUT2D eigenvalue weighted by Crippen LogP contribution is -2.36. The van der Waals surface area contributed by atoms with Crippen molar-refractivity contribution < 1.29 is 0 Å². The molecule has 1 aliphatic rings. The van der Waals surface area contributed by atoms with Gasteiger partial charge in [-0.2, -0.15) is 8.75 Å². The Balaban J connectivity index is 0.826. The zero-order valence-electron chi connectivity index (χ0n) is 47.4. The molecule has 15 rings (SSSR count). The van der Waals surface area contributed by atoms with Crippen LogP contribution in [0.1, 0.15) is 72.2 Å². The molecule has 0 saturated heterocycles. The van der Waals surface area contributed by atoms with Gasteiger partial charge >= 0.3 is 0 Å². The summed E-state index contributed by atoms with van der Waals surface area (Å²) in [6.45, 7) is 9.51. The smallest absolute Gasteiger partial charge is 0.129 e. The van der Waals surface area contributed by atoms with Gasteiger partial charge in [0.25, 0.3) is 0 Å². The molecule has 4 nitrogen and oxygen atoms in total. The van der Waals surface area contributed by atoms with E-state index in [1.807, 2.05) is 0 Å². The van der Waals surface area contributed by atoms with E-state index in [2.05, 4.69) is 328 Å². The molecule has 0 atom stereocenters. The van der Waals surface area contributed by atoms with Crippen LogP contribution in [-0.2, 0) is 16.2 Å². The van der Waals surface area contributed by atoms with E-state index in [1.165, 1.54) is 78.1 Å². The zero-order chi connectivity index (χ0) is 56.6. The van der Waals surface area contributed by atoms with Crippen LogP contribution in [0.15, 0.2) is 291 Å². The quantitative estimate of drug-likeness (QED) is 0.121. The van der Waals surface area contributed by atoms with Gasteiger partial charge in [0.2, 0.25) is 0 Å². The van der Waals surface area contributed by atoms with Crippen molar-refractivity contribution in [3.05, 3.63) is 336 Å².